The molecule has 0 spiro atoms. The van der Waals surface area contributed by atoms with Crippen LogP contribution in [0.5, 0.6) is 5.75 Å². The summed E-state index contributed by atoms with van der Waals surface area (Å²) in [6.07, 6.45) is 6.22. The summed E-state index contributed by atoms with van der Waals surface area (Å²) in [6, 6.07) is 5.48. The fourth-order valence-electron chi connectivity index (χ4n) is 3.77. The van der Waals surface area contributed by atoms with Crippen molar-refractivity contribution < 1.29 is 17.9 Å². The molecule has 3 rings (SSSR count). The summed E-state index contributed by atoms with van der Waals surface area (Å²) in [7, 11) is -0.184. The van der Waals surface area contributed by atoms with Crippen LogP contribution >= 0.6 is 0 Å². The molecular formula is C21H33N3O4S. The lowest BCUT2D eigenvalue weighted by atomic mass is 10.2. The van der Waals surface area contributed by atoms with E-state index in [-0.39, 0.29) is 22.6 Å². The van der Waals surface area contributed by atoms with Crippen LogP contribution in [0.2, 0.25) is 0 Å². The maximum absolute atomic E-state index is 13.2. The highest BCUT2D eigenvalue weighted by Gasteiger charge is 2.30. The van der Waals surface area contributed by atoms with Crippen molar-refractivity contribution in [2.45, 2.75) is 62.4 Å². The minimum atomic E-state index is -3.71. The third-order valence-corrected chi connectivity index (χ3v) is 7.90. The number of ether oxygens (including phenoxy) is 1. The summed E-state index contributed by atoms with van der Waals surface area (Å²) in [6.45, 7) is 3.62. The van der Waals surface area contributed by atoms with Crippen LogP contribution in [0.4, 0.5) is 0 Å². The van der Waals surface area contributed by atoms with Gasteiger partial charge in [-0.2, -0.15) is 4.31 Å². The molecule has 1 aromatic rings. The monoisotopic (exact) mass is 423 g/mol. The number of nitrogens with zero attached hydrogens (tertiary/aromatic N) is 2. The first-order valence-corrected chi connectivity index (χ1v) is 12.0. The van der Waals surface area contributed by atoms with Crippen LogP contribution in [0, 0.1) is 0 Å². The first kappa shape index (κ1) is 22.1. The molecule has 0 bridgehead atoms. The highest BCUT2D eigenvalue weighted by atomic mass is 32.2. The number of likely N-dealkylation sites (N-methyl/N-ethyl adjacent to an activating group) is 1. The first-order chi connectivity index (χ1) is 13.8. The van der Waals surface area contributed by atoms with Crippen molar-refractivity contribution in [3.8, 4) is 5.75 Å². The Bertz CT molecular complexity index is 815. The van der Waals surface area contributed by atoms with E-state index in [2.05, 4.69) is 24.2 Å². The molecule has 7 nitrogen and oxygen atoms in total. The zero-order chi connectivity index (χ0) is 21.0. The third kappa shape index (κ3) is 5.29. The van der Waals surface area contributed by atoms with E-state index in [4.69, 9.17) is 4.74 Å². The van der Waals surface area contributed by atoms with Gasteiger partial charge in [-0.15, -0.1) is 0 Å². The van der Waals surface area contributed by atoms with Gasteiger partial charge in [0.05, 0.1) is 7.11 Å². The number of sulfonamides is 1. The average molecular weight is 424 g/mol. The van der Waals surface area contributed by atoms with Crippen molar-refractivity contribution in [2.75, 3.05) is 33.8 Å². The minimum absolute atomic E-state index is 0.0673. The molecule has 2 fully saturated rings. The van der Waals surface area contributed by atoms with Gasteiger partial charge in [0.2, 0.25) is 10.0 Å². The molecule has 1 saturated carbocycles. The van der Waals surface area contributed by atoms with E-state index in [0.29, 0.717) is 31.2 Å². The number of amides is 1. The van der Waals surface area contributed by atoms with Crippen LogP contribution in [0.25, 0.3) is 0 Å². The van der Waals surface area contributed by atoms with Crippen molar-refractivity contribution in [1.82, 2.24) is 14.5 Å². The summed E-state index contributed by atoms with van der Waals surface area (Å²) >= 11 is 0. The number of rotatable bonds is 8. The lowest BCUT2D eigenvalue weighted by Gasteiger charge is -2.25. The van der Waals surface area contributed by atoms with E-state index in [9.17, 15) is 13.2 Å². The van der Waals surface area contributed by atoms with Gasteiger partial charge < -0.3 is 10.1 Å². The van der Waals surface area contributed by atoms with Crippen LogP contribution in [0.3, 0.4) is 0 Å². The second-order valence-electron chi connectivity index (χ2n) is 8.14. The van der Waals surface area contributed by atoms with Crippen molar-refractivity contribution in [3.63, 3.8) is 0 Å². The summed E-state index contributed by atoms with van der Waals surface area (Å²) in [5.74, 6) is 0.00338. The smallest absolute Gasteiger partial charge is 0.251 e. The zero-order valence-electron chi connectivity index (χ0n) is 17.7. The number of hydrogen-bond donors (Lipinski definition) is 1. The number of benzene rings is 1. The number of nitrogens with one attached hydrogen (secondary N) is 1. The maximum atomic E-state index is 13.2. The Labute approximate surface area is 174 Å². The summed E-state index contributed by atoms with van der Waals surface area (Å²) < 4.78 is 33.3. The topological polar surface area (TPSA) is 79.0 Å². The van der Waals surface area contributed by atoms with E-state index in [1.165, 1.54) is 30.3 Å². The minimum Gasteiger partial charge on any atom is -0.495 e. The lowest BCUT2D eigenvalue weighted by Crippen LogP contribution is -2.41. The number of carbonyl (C=O) groups is 1. The third-order valence-electron chi connectivity index (χ3n) is 5.98. The van der Waals surface area contributed by atoms with Gasteiger partial charge in [0.25, 0.3) is 5.91 Å². The second-order valence-corrected chi connectivity index (χ2v) is 10.0. The maximum Gasteiger partial charge on any atom is 0.251 e. The van der Waals surface area contributed by atoms with E-state index in [1.54, 1.807) is 12.1 Å². The first-order valence-electron chi connectivity index (χ1n) is 10.5. The Kier molecular flexibility index (Phi) is 7.19. The Morgan fingerprint density at radius 1 is 1.24 bits per heavy atom. The summed E-state index contributed by atoms with van der Waals surface area (Å²) in [5, 5.41) is 2.94. The van der Waals surface area contributed by atoms with Crippen molar-refractivity contribution >= 4 is 15.9 Å². The Balaban J connectivity index is 1.76. The Hall–Kier alpha value is -1.64. The molecule has 1 atom stereocenters. The van der Waals surface area contributed by atoms with Crippen LogP contribution in [0.1, 0.15) is 55.8 Å². The van der Waals surface area contributed by atoms with Gasteiger partial charge in [-0.25, -0.2) is 8.42 Å². The van der Waals surface area contributed by atoms with Crippen molar-refractivity contribution in [2.24, 2.45) is 0 Å². The van der Waals surface area contributed by atoms with E-state index >= 15 is 0 Å². The molecule has 1 N–H and O–H groups in total. The molecule has 0 radical (unpaired) electrons. The molecule has 2 aliphatic rings. The number of carbonyl (C=O) groups excluding carboxylic acids is 1. The largest absolute Gasteiger partial charge is 0.495 e. The van der Waals surface area contributed by atoms with Gasteiger partial charge in [0, 0.05) is 37.3 Å². The average Bonchev–Trinajstić information content (AvgIpc) is 3.57. The fraction of sp³-hybridized carbons (Fsp3) is 0.667. The molecule has 162 valence electrons. The van der Waals surface area contributed by atoms with E-state index < -0.39 is 10.0 Å². The van der Waals surface area contributed by atoms with Gasteiger partial charge >= 0.3 is 0 Å². The van der Waals surface area contributed by atoms with E-state index in [1.807, 2.05) is 0 Å². The van der Waals surface area contributed by atoms with Gasteiger partial charge in [-0.1, -0.05) is 12.8 Å². The highest BCUT2D eigenvalue weighted by Crippen LogP contribution is 2.30. The predicted octanol–water partition coefficient (Wildman–Crippen LogP) is 2.47. The van der Waals surface area contributed by atoms with Gasteiger partial charge in [-0.3, -0.25) is 9.69 Å². The molecular weight excluding hydrogens is 390 g/mol. The SMILES string of the molecule is COc1ccc(C(=O)NCC(C)N(C)C2CC2)cc1S(=O)(=O)N1CCCCCC1. The molecule has 0 aromatic heterocycles. The second kappa shape index (κ2) is 9.45. The highest BCUT2D eigenvalue weighted by molar-refractivity contribution is 7.89. The lowest BCUT2D eigenvalue weighted by molar-refractivity contribution is 0.0939. The molecule has 1 heterocycles. The molecule has 1 aliphatic carbocycles. The van der Waals surface area contributed by atoms with Crippen LogP contribution in [-0.4, -0.2) is 69.4 Å². The Morgan fingerprint density at radius 2 is 1.90 bits per heavy atom. The Morgan fingerprint density at radius 3 is 2.48 bits per heavy atom. The fourth-order valence-corrected chi connectivity index (χ4v) is 5.47. The van der Waals surface area contributed by atoms with Gasteiger partial charge in [-0.05, 0) is 57.9 Å². The number of methoxy groups -OCH3 is 1. The van der Waals surface area contributed by atoms with Crippen LogP contribution in [0.15, 0.2) is 23.1 Å². The molecule has 1 saturated heterocycles. The quantitative estimate of drug-likeness (QED) is 0.695. The van der Waals surface area contributed by atoms with Crippen molar-refractivity contribution in [1.29, 1.82) is 0 Å². The van der Waals surface area contributed by atoms with E-state index in [0.717, 1.165) is 25.7 Å². The van der Waals surface area contributed by atoms with Crippen molar-refractivity contribution in [3.05, 3.63) is 23.8 Å². The number of hydrogen-bond acceptors (Lipinski definition) is 5. The molecule has 29 heavy (non-hydrogen) atoms. The molecule has 1 aliphatic heterocycles. The molecule has 1 aromatic carbocycles. The predicted molar refractivity (Wildman–Crippen MR) is 113 cm³/mol. The van der Waals surface area contributed by atoms with Crippen LogP contribution < -0.4 is 10.1 Å². The standard InChI is InChI=1S/C21H33N3O4S/c1-16(23(2)18-9-10-18)15-22-21(25)17-8-11-19(28-3)20(14-17)29(26,27)24-12-6-4-5-7-13-24/h8,11,14,16,18H,4-7,9-10,12-13,15H2,1-3H3,(H,22,25). The van der Waals surface area contributed by atoms with Gasteiger partial charge in [0.1, 0.15) is 10.6 Å². The van der Waals surface area contributed by atoms with Crippen LogP contribution in [-0.2, 0) is 10.0 Å². The molecule has 1 amide bonds. The molecule has 1 unspecified atom stereocenters. The summed E-state index contributed by atoms with van der Waals surface area (Å²) in [5.41, 5.74) is 0.334. The zero-order valence-corrected chi connectivity index (χ0v) is 18.5. The summed E-state index contributed by atoms with van der Waals surface area (Å²) in [4.78, 5) is 15.0. The molecule has 8 heteroatoms. The van der Waals surface area contributed by atoms with Gasteiger partial charge in [0.15, 0.2) is 0 Å². The normalized spacial score (nSPS) is 19.6.